The average Bonchev–Trinajstić information content (AvgIpc) is 2.00. The zero-order valence-corrected chi connectivity index (χ0v) is 7.21. The highest BCUT2D eigenvalue weighted by Crippen LogP contribution is 2.11. The summed E-state index contributed by atoms with van der Waals surface area (Å²) in [6.07, 6.45) is 2.97. The van der Waals surface area contributed by atoms with Crippen molar-refractivity contribution in [1.29, 1.82) is 0 Å². The largest absolute Gasteiger partial charge is 0.396 e. The Kier molecular flexibility index (Phi) is 6.18. The normalized spacial score (nSPS) is 13.0. The lowest BCUT2D eigenvalue weighted by Crippen LogP contribution is -2.11. The molecule has 0 unspecified atom stereocenters. The van der Waals surface area contributed by atoms with Crippen LogP contribution in [-0.2, 0) is 0 Å². The molecule has 0 aromatic rings. The van der Waals surface area contributed by atoms with Crippen LogP contribution in [0.1, 0.15) is 32.6 Å². The van der Waals surface area contributed by atoms with E-state index in [0.717, 1.165) is 24.8 Å². The van der Waals surface area contributed by atoms with E-state index in [2.05, 4.69) is 13.5 Å². The van der Waals surface area contributed by atoms with Crippen LogP contribution in [0.15, 0.2) is 12.2 Å². The summed E-state index contributed by atoms with van der Waals surface area (Å²) in [5.74, 6) is 0. The molecule has 0 saturated carbocycles. The lowest BCUT2D eigenvalue weighted by Gasteiger charge is -2.11. The number of hydrogen-bond acceptors (Lipinski definition) is 2. The van der Waals surface area contributed by atoms with Gasteiger partial charge in [0.25, 0.3) is 0 Å². The lowest BCUT2D eigenvalue weighted by molar-refractivity contribution is 0.158. The Morgan fingerprint density at radius 2 is 2.18 bits per heavy atom. The Labute approximate surface area is 68.6 Å². The summed E-state index contributed by atoms with van der Waals surface area (Å²) in [5, 5.41) is 17.8. The second-order valence-electron chi connectivity index (χ2n) is 2.79. The van der Waals surface area contributed by atoms with Crippen molar-refractivity contribution in [3.8, 4) is 0 Å². The molecule has 66 valence electrons. The van der Waals surface area contributed by atoms with E-state index < -0.39 is 6.10 Å². The van der Waals surface area contributed by atoms with Gasteiger partial charge in [-0.2, -0.15) is 0 Å². The van der Waals surface area contributed by atoms with Crippen molar-refractivity contribution in [3.05, 3.63) is 12.2 Å². The maximum Gasteiger partial charge on any atom is 0.0769 e. The van der Waals surface area contributed by atoms with E-state index in [1.165, 1.54) is 0 Å². The van der Waals surface area contributed by atoms with Crippen molar-refractivity contribution in [2.24, 2.45) is 0 Å². The molecule has 0 amide bonds. The summed E-state index contributed by atoms with van der Waals surface area (Å²) in [4.78, 5) is 0. The van der Waals surface area contributed by atoms with E-state index in [9.17, 15) is 5.11 Å². The van der Waals surface area contributed by atoms with E-state index >= 15 is 0 Å². The van der Waals surface area contributed by atoms with Crippen molar-refractivity contribution in [1.82, 2.24) is 0 Å². The Morgan fingerprint density at radius 3 is 2.64 bits per heavy atom. The molecule has 11 heavy (non-hydrogen) atoms. The van der Waals surface area contributed by atoms with Gasteiger partial charge in [-0.15, -0.1) is 0 Å². The van der Waals surface area contributed by atoms with Crippen molar-refractivity contribution in [2.75, 3.05) is 6.61 Å². The molecule has 0 aliphatic carbocycles. The van der Waals surface area contributed by atoms with Crippen molar-refractivity contribution in [3.63, 3.8) is 0 Å². The molecule has 0 aliphatic rings. The van der Waals surface area contributed by atoms with Crippen LogP contribution >= 0.6 is 0 Å². The minimum absolute atomic E-state index is 0.0340. The average molecular weight is 158 g/mol. The van der Waals surface area contributed by atoms with Crippen LogP contribution in [-0.4, -0.2) is 22.9 Å². The van der Waals surface area contributed by atoms with E-state index in [0.29, 0.717) is 6.42 Å². The van der Waals surface area contributed by atoms with Crippen molar-refractivity contribution < 1.29 is 10.2 Å². The second kappa shape index (κ2) is 6.38. The summed E-state index contributed by atoms with van der Waals surface area (Å²) in [7, 11) is 0. The quantitative estimate of drug-likeness (QED) is 0.575. The molecule has 0 aliphatic heterocycles. The Bertz CT molecular complexity index is 110. The molecule has 0 fully saturated rings. The van der Waals surface area contributed by atoms with E-state index in [1.807, 2.05) is 0 Å². The molecular weight excluding hydrogens is 140 g/mol. The Hall–Kier alpha value is -0.340. The smallest absolute Gasteiger partial charge is 0.0769 e. The van der Waals surface area contributed by atoms with Crippen LogP contribution in [0.4, 0.5) is 0 Å². The first-order valence-electron chi connectivity index (χ1n) is 4.19. The fraction of sp³-hybridized carbons (Fsp3) is 0.778. The fourth-order valence-corrected chi connectivity index (χ4v) is 0.897. The topological polar surface area (TPSA) is 40.5 Å². The summed E-state index contributed by atoms with van der Waals surface area (Å²) in [6.45, 7) is 5.89. The second-order valence-corrected chi connectivity index (χ2v) is 2.79. The van der Waals surface area contributed by atoms with Crippen LogP contribution in [0.5, 0.6) is 0 Å². The van der Waals surface area contributed by atoms with Crippen LogP contribution in [0.3, 0.4) is 0 Å². The summed E-state index contributed by atoms with van der Waals surface area (Å²) in [6, 6.07) is 0. The Balaban J connectivity index is 3.47. The van der Waals surface area contributed by atoms with Gasteiger partial charge >= 0.3 is 0 Å². The van der Waals surface area contributed by atoms with Gasteiger partial charge in [-0.05, 0) is 18.4 Å². The molecule has 0 aromatic heterocycles. The van der Waals surface area contributed by atoms with Crippen LogP contribution in [0.25, 0.3) is 0 Å². The zero-order chi connectivity index (χ0) is 8.69. The predicted molar refractivity (Wildman–Crippen MR) is 46.4 cm³/mol. The number of aliphatic hydroxyl groups is 2. The van der Waals surface area contributed by atoms with Gasteiger partial charge in [-0.25, -0.2) is 0 Å². The zero-order valence-electron chi connectivity index (χ0n) is 7.21. The van der Waals surface area contributed by atoms with E-state index in [-0.39, 0.29) is 6.61 Å². The van der Waals surface area contributed by atoms with Gasteiger partial charge in [-0.1, -0.05) is 19.9 Å². The molecule has 0 saturated heterocycles. The van der Waals surface area contributed by atoms with E-state index in [4.69, 9.17) is 5.11 Å². The molecule has 0 bridgehead atoms. The van der Waals surface area contributed by atoms with Gasteiger partial charge in [0, 0.05) is 13.0 Å². The van der Waals surface area contributed by atoms with Crippen LogP contribution < -0.4 is 0 Å². The molecule has 0 rings (SSSR count). The van der Waals surface area contributed by atoms with Crippen LogP contribution in [0.2, 0.25) is 0 Å². The lowest BCUT2D eigenvalue weighted by atomic mass is 10.0. The standard InChI is InChI=1S/C9H18O2/c1-3-4-5-8(2)9(11)6-7-10/h9-11H,2-7H2,1H3/t9-/m0/s1. The molecule has 2 heteroatoms. The van der Waals surface area contributed by atoms with E-state index in [1.54, 1.807) is 0 Å². The number of aliphatic hydroxyl groups excluding tert-OH is 2. The van der Waals surface area contributed by atoms with Crippen LogP contribution in [0, 0.1) is 0 Å². The summed E-state index contributed by atoms with van der Waals surface area (Å²) in [5.41, 5.74) is 0.848. The monoisotopic (exact) mass is 158 g/mol. The summed E-state index contributed by atoms with van der Waals surface area (Å²) >= 11 is 0. The fourth-order valence-electron chi connectivity index (χ4n) is 0.897. The van der Waals surface area contributed by atoms with Gasteiger partial charge in [0.2, 0.25) is 0 Å². The van der Waals surface area contributed by atoms with Gasteiger partial charge in [0.05, 0.1) is 6.10 Å². The third-order valence-electron chi connectivity index (χ3n) is 1.73. The van der Waals surface area contributed by atoms with Gasteiger partial charge in [-0.3, -0.25) is 0 Å². The predicted octanol–water partition coefficient (Wildman–Crippen LogP) is 1.48. The van der Waals surface area contributed by atoms with Gasteiger partial charge in [0.15, 0.2) is 0 Å². The number of hydrogen-bond donors (Lipinski definition) is 2. The molecule has 0 radical (unpaired) electrons. The first-order chi connectivity index (χ1) is 5.22. The first-order valence-corrected chi connectivity index (χ1v) is 4.19. The third kappa shape index (κ3) is 4.99. The highest BCUT2D eigenvalue weighted by atomic mass is 16.3. The molecule has 0 aromatic carbocycles. The number of rotatable bonds is 6. The molecular formula is C9H18O2. The van der Waals surface area contributed by atoms with Gasteiger partial charge < -0.3 is 10.2 Å². The van der Waals surface area contributed by atoms with Gasteiger partial charge in [0.1, 0.15) is 0 Å². The maximum atomic E-state index is 9.28. The highest BCUT2D eigenvalue weighted by Gasteiger charge is 2.06. The first kappa shape index (κ1) is 10.7. The highest BCUT2D eigenvalue weighted by molar-refractivity contribution is 5.00. The third-order valence-corrected chi connectivity index (χ3v) is 1.73. The SMILES string of the molecule is C=C(CCCC)[C@@H](O)CCO. The minimum atomic E-state index is -0.508. The molecule has 1 atom stereocenters. The Morgan fingerprint density at radius 1 is 1.55 bits per heavy atom. The molecule has 0 spiro atoms. The van der Waals surface area contributed by atoms with Crippen molar-refractivity contribution >= 4 is 0 Å². The molecule has 2 N–H and O–H groups in total. The maximum absolute atomic E-state index is 9.28. The summed E-state index contributed by atoms with van der Waals surface area (Å²) < 4.78 is 0. The van der Waals surface area contributed by atoms with Crippen molar-refractivity contribution in [2.45, 2.75) is 38.7 Å². The minimum Gasteiger partial charge on any atom is -0.396 e. The number of unbranched alkanes of at least 4 members (excludes halogenated alkanes) is 1. The molecule has 0 heterocycles. The molecule has 2 nitrogen and oxygen atoms in total.